The molecular weight excluding hydrogens is 288 g/mol. The second kappa shape index (κ2) is 5.83. The number of aromatic amines is 1. The molecule has 0 atom stereocenters. The van der Waals surface area contributed by atoms with Crippen LogP contribution in [-0.4, -0.2) is 42.1 Å². The quantitative estimate of drug-likeness (QED) is 0.921. The molecule has 2 aromatic rings. The van der Waals surface area contributed by atoms with Gasteiger partial charge < -0.3 is 14.6 Å². The number of hydrogen-bond donors (Lipinski definition) is 1. The molecule has 21 heavy (non-hydrogen) atoms. The number of ether oxygens (including phenoxy) is 1. The summed E-state index contributed by atoms with van der Waals surface area (Å²) in [7, 11) is 0. The molecule has 3 rings (SSSR count). The van der Waals surface area contributed by atoms with E-state index < -0.39 is 0 Å². The van der Waals surface area contributed by atoms with E-state index in [2.05, 4.69) is 4.98 Å². The number of pyridine rings is 1. The molecule has 2 aromatic heterocycles. The van der Waals surface area contributed by atoms with Crippen LogP contribution in [0.4, 0.5) is 0 Å². The number of amides is 1. The van der Waals surface area contributed by atoms with Gasteiger partial charge in [-0.25, -0.2) is 0 Å². The maximum atomic E-state index is 12.4. The van der Waals surface area contributed by atoms with Gasteiger partial charge in [0.1, 0.15) is 0 Å². The summed E-state index contributed by atoms with van der Waals surface area (Å²) in [5.74, 6) is 0.0516. The molecule has 0 aromatic carbocycles. The van der Waals surface area contributed by atoms with Gasteiger partial charge in [0.25, 0.3) is 11.5 Å². The maximum Gasteiger partial charge on any atom is 0.264 e. The molecule has 1 N–H and O–H groups in total. The number of H-pyrrole nitrogens is 1. The monoisotopic (exact) mass is 304 g/mol. The first-order valence-corrected chi connectivity index (χ1v) is 7.63. The lowest BCUT2D eigenvalue weighted by Crippen LogP contribution is -2.40. The zero-order valence-corrected chi connectivity index (χ0v) is 12.5. The van der Waals surface area contributed by atoms with Gasteiger partial charge in [-0.1, -0.05) is 0 Å². The molecule has 1 saturated heterocycles. The van der Waals surface area contributed by atoms with Crippen LogP contribution in [0.5, 0.6) is 0 Å². The van der Waals surface area contributed by atoms with Crippen LogP contribution in [0.15, 0.2) is 29.2 Å². The largest absolute Gasteiger partial charge is 0.378 e. The Hall–Kier alpha value is -1.92. The third-order valence-corrected chi connectivity index (χ3v) is 4.61. The van der Waals surface area contributed by atoms with E-state index >= 15 is 0 Å². The van der Waals surface area contributed by atoms with Crippen LogP contribution >= 0.6 is 11.3 Å². The molecule has 1 aliphatic heterocycles. The number of thiophene rings is 1. The number of nitrogens with zero attached hydrogens (tertiary/aromatic N) is 1. The summed E-state index contributed by atoms with van der Waals surface area (Å²) < 4.78 is 5.26. The highest BCUT2D eigenvalue weighted by Gasteiger charge is 2.20. The number of rotatable bonds is 2. The second-order valence-corrected chi connectivity index (χ2v) is 6.05. The summed E-state index contributed by atoms with van der Waals surface area (Å²) in [6, 6.07) is 5.61. The van der Waals surface area contributed by atoms with E-state index in [0.717, 1.165) is 15.3 Å². The Bertz CT molecular complexity index is 714. The van der Waals surface area contributed by atoms with Crippen molar-refractivity contribution >= 4 is 17.2 Å². The van der Waals surface area contributed by atoms with E-state index in [1.165, 1.54) is 11.3 Å². The molecule has 3 heterocycles. The third kappa shape index (κ3) is 2.91. The van der Waals surface area contributed by atoms with Crippen molar-refractivity contribution in [2.24, 2.45) is 0 Å². The van der Waals surface area contributed by atoms with E-state index in [1.807, 2.05) is 23.1 Å². The fourth-order valence-corrected chi connectivity index (χ4v) is 3.23. The summed E-state index contributed by atoms with van der Waals surface area (Å²) in [6.45, 7) is 4.26. The first kappa shape index (κ1) is 14.0. The van der Waals surface area contributed by atoms with E-state index in [1.54, 1.807) is 13.1 Å². The highest BCUT2D eigenvalue weighted by molar-refractivity contribution is 7.17. The Kier molecular flexibility index (Phi) is 3.90. The van der Waals surface area contributed by atoms with Gasteiger partial charge in [-0.2, -0.15) is 0 Å². The smallest absolute Gasteiger partial charge is 0.264 e. The van der Waals surface area contributed by atoms with Gasteiger partial charge in [0.05, 0.1) is 18.1 Å². The SMILES string of the molecule is Cc1cc(-c2ccc(C(=O)N3CCOCC3)s2)c[nH]c1=O. The van der Waals surface area contributed by atoms with E-state index in [-0.39, 0.29) is 11.5 Å². The fraction of sp³-hybridized carbons (Fsp3) is 0.333. The van der Waals surface area contributed by atoms with Crippen LogP contribution in [0.25, 0.3) is 10.4 Å². The van der Waals surface area contributed by atoms with Crippen molar-refractivity contribution in [3.63, 3.8) is 0 Å². The van der Waals surface area contributed by atoms with Crippen LogP contribution in [0.1, 0.15) is 15.2 Å². The van der Waals surface area contributed by atoms with Crippen molar-refractivity contribution in [2.75, 3.05) is 26.3 Å². The predicted molar refractivity (Wildman–Crippen MR) is 81.8 cm³/mol. The van der Waals surface area contributed by atoms with Crippen molar-refractivity contribution < 1.29 is 9.53 Å². The molecule has 5 nitrogen and oxygen atoms in total. The standard InChI is InChI=1S/C15H16N2O3S/c1-10-8-11(9-16-14(10)18)12-2-3-13(21-12)15(19)17-4-6-20-7-5-17/h2-3,8-9H,4-7H2,1H3,(H,16,18). The van der Waals surface area contributed by atoms with Crippen molar-refractivity contribution in [3.05, 3.63) is 45.2 Å². The highest BCUT2D eigenvalue weighted by atomic mass is 32.1. The van der Waals surface area contributed by atoms with Crippen LogP contribution in [-0.2, 0) is 4.74 Å². The first-order chi connectivity index (χ1) is 10.1. The molecule has 0 saturated carbocycles. The second-order valence-electron chi connectivity index (χ2n) is 4.97. The highest BCUT2D eigenvalue weighted by Crippen LogP contribution is 2.28. The van der Waals surface area contributed by atoms with Gasteiger partial charge in [0.15, 0.2) is 0 Å². The summed E-state index contributed by atoms with van der Waals surface area (Å²) in [4.78, 5) is 30.0. The van der Waals surface area contributed by atoms with Crippen molar-refractivity contribution in [1.82, 2.24) is 9.88 Å². The first-order valence-electron chi connectivity index (χ1n) is 6.82. The Morgan fingerprint density at radius 1 is 1.33 bits per heavy atom. The van der Waals surface area contributed by atoms with E-state index in [4.69, 9.17) is 4.74 Å². The number of carbonyl (C=O) groups excluding carboxylic acids is 1. The summed E-state index contributed by atoms with van der Waals surface area (Å²) in [5, 5.41) is 0. The summed E-state index contributed by atoms with van der Waals surface area (Å²) in [6.07, 6.45) is 1.68. The predicted octanol–water partition coefficient (Wildman–Crippen LogP) is 1.88. The molecule has 1 amide bonds. The molecule has 1 fully saturated rings. The minimum Gasteiger partial charge on any atom is -0.378 e. The van der Waals surface area contributed by atoms with Crippen molar-refractivity contribution in [2.45, 2.75) is 6.92 Å². The van der Waals surface area contributed by atoms with E-state index in [9.17, 15) is 9.59 Å². The molecular formula is C15H16N2O3S. The fourth-order valence-electron chi connectivity index (χ4n) is 2.27. The summed E-state index contributed by atoms with van der Waals surface area (Å²) in [5.41, 5.74) is 1.51. The molecule has 0 bridgehead atoms. The van der Waals surface area contributed by atoms with Crippen LogP contribution < -0.4 is 5.56 Å². The van der Waals surface area contributed by atoms with Gasteiger partial charge in [0.2, 0.25) is 0 Å². The minimum atomic E-state index is -0.0834. The lowest BCUT2D eigenvalue weighted by atomic mass is 10.2. The van der Waals surface area contributed by atoms with Crippen LogP contribution in [0, 0.1) is 6.92 Å². The molecule has 0 aliphatic carbocycles. The van der Waals surface area contributed by atoms with Crippen LogP contribution in [0.3, 0.4) is 0 Å². The molecule has 110 valence electrons. The van der Waals surface area contributed by atoms with Crippen molar-refractivity contribution in [1.29, 1.82) is 0 Å². The van der Waals surface area contributed by atoms with Gasteiger partial charge in [-0.15, -0.1) is 11.3 Å². The maximum absolute atomic E-state index is 12.4. The molecule has 1 aliphatic rings. The average Bonchev–Trinajstić information content (AvgIpc) is 3.00. The van der Waals surface area contributed by atoms with Crippen molar-refractivity contribution in [3.8, 4) is 10.4 Å². The zero-order chi connectivity index (χ0) is 14.8. The molecule has 0 unspecified atom stereocenters. The van der Waals surface area contributed by atoms with Gasteiger partial charge in [-0.3, -0.25) is 9.59 Å². The lowest BCUT2D eigenvalue weighted by Gasteiger charge is -2.26. The Morgan fingerprint density at radius 3 is 2.81 bits per heavy atom. The number of morpholine rings is 1. The molecule has 0 radical (unpaired) electrons. The molecule has 0 spiro atoms. The molecule has 6 heteroatoms. The Labute approximate surface area is 126 Å². The van der Waals surface area contributed by atoms with Gasteiger partial charge >= 0.3 is 0 Å². The van der Waals surface area contributed by atoms with Crippen LogP contribution in [0.2, 0.25) is 0 Å². The van der Waals surface area contributed by atoms with Gasteiger partial charge in [0, 0.05) is 35.3 Å². The average molecular weight is 304 g/mol. The van der Waals surface area contributed by atoms with E-state index in [0.29, 0.717) is 31.9 Å². The Morgan fingerprint density at radius 2 is 2.10 bits per heavy atom. The number of aryl methyl sites for hydroxylation is 1. The zero-order valence-electron chi connectivity index (χ0n) is 11.7. The third-order valence-electron chi connectivity index (χ3n) is 3.49. The summed E-state index contributed by atoms with van der Waals surface area (Å²) >= 11 is 1.45. The number of carbonyl (C=O) groups is 1. The number of aromatic nitrogens is 1. The number of nitrogens with one attached hydrogen (secondary N) is 1. The topological polar surface area (TPSA) is 62.4 Å². The lowest BCUT2D eigenvalue weighted by molar-refractivity contribution is 0.0306. The minimum absolute atomic E-state index is 0.0516. The Balaban J connectivity index is 1.83. The van der Waals surface area contributed by atoms with Gasteiger partial charge in [-0.05, 0) is 25.1 Å². The number of hydrogen-bond acceptors (Lipinski definition) is 4. The normalized spacial score (nSPS) is 15.2.